The summed E-state index contributed by atoms with van der Waals surface area (Å²) in [5, 5.41) is 0.809. The highest BCUT2D eigenvalue weighted by molar-refractivity contribution is 7.21. The second-order valence-corrected chi connectivity index (χ2v) is 6.79. The van der Waals surface area contributed by atoms with E-state index >= 15 is 0 Å². The molecule has 0 saturated heterocycles. The van der Waals surface area contributed by atoms with Gasteiger partial charge in [-0.05, 0) is 42.5 Å². The molecule has 0 atom stereocenters. The average molecular weight is 376 g/mol. The van der Waals surface area contributed by atoms with E-state index in [9.17, 15) is 4.79 Å². The Morgan fingerprint density at radius 3 is 2.15 bits per heavy atom. The van der Waals surface area contributed by atoms with E-state index in [2.05, 4.69) is 0 Å². The Labute approximate surface area is 160 Å². The van der Waals surface area contributed by atoms with Gasteiger partial charge < -0.3 is 14.2 Å². The first-order chi connectivity index (χ1) is 13.2. The molecule has 1 heterocycles. The predicted molar refractivity (Wildman–Crippen MR) is 106 cm³/mol. The number of methoxy groups -OCH3 is 1. The molecule has 4 aromatic rings. The molecule has 1 aromatic heterocycles. The van der Waals surface area contributed by atoms with Gasteiger partial charge >= 0.3 is 5.97 Å². The molecule has 0 saturated carbocycles. The first kappa shape index (κ1) is 17.1. The van der Waals surface area contributed by atoms with Crippen LogP contribution in [0.1, 0.15) is 9.67 Å². The minimum atomic E-state index is -0.452. The molecule has 0 bridgehead atoms. The number of para-hydroxylation sites is 2. The molecule has 5 heteroatoms. The maximum Gasteiger partial charge on any atom is 0.357 e. The van der Waals surface area contributed by atoms with Crippen molar-refractivity contribution in [3.8, 4) is 23.0 Å². The SMILES string of the molecule is COc1ccc2sc(C(=O)Oc3ccccc3)c(Oc3ccccc3)c2c1. The Balaban J connectivity index is 1.78. The quantitative estimate of drug-likeness (QED) is 0.320. The Hall–Kier alpha value is -3.31. The van der Waals surface area contributed by atoms with Crippen LogP contribution in [0.3, 0.4) is 0 Å². The standard InChI is InChI=1S/C22H16O4S/c1-24-17-12-13-19-18(14-17)20(25-15-8-4-2-5-9-15)21(27-19)22(23)26-16-10-6-3-7-11-16/h2-14H,1H3. The van der Waals surface area contributed by atoms with Crippen LogP contribution in [0.4, 0.5) is 0 Å². The molecule has 4 nitrogen and oxygen atoms in total. The Kier molecular flexibility index (Phi) is 4.77. The molecule has 0 amide bonds. The first-order valence-corrected chi connectivity index (χ1v) is 9.17. The van der Waals surface area contributed by atoms with Crippen LogP contribution in [0, 0.1) is 0 Å². The lowest BCUT2D eigenvalue weighted by molar-refractivity contribution is 0.0737. The summed E-state index contributed by atoms with van der Waals surface area (Å²) >= 11 is 1.33. The Morgan fingerprint density at radius 1 is 0.815 bits per heavy atom. The summed E-state index contributed by atoms with van der Waals surface area (Å²) in [6.45, 7) is 0. The minimum Gasteiger partial charge on any atom is -0.497 e. The largest absolute Gasteiger partial charge is 0.497 e. The van der Waals surface area contributed by atoms with Crippen molar-refractivity contribution in [2.75, 3.05) is 7.11 Å². The second-order valence-electron chi connectivity index (χ2n) is 5.74. The van der Waals surface area contributed by atoms with Crippen LogP contribution in [-0.2, 0) is 0 Å². The summed E-state index contributed by atoms with van der Waals surface area (Å²) in [6.07, 6.45) is 0. The molecular formula is C22H16O4S. The Bertz CT molecular complexity index is 1070. The maximum absolute atomic E-state index is 12.8. The molecule has 3 aromatic carbocycles. The number of hydrogen-bond acceptors (Lipinski definition) is 5. The lowest BCUT2D eigenvalue weighted by Crippen LogP contribution is -2.07. The number of esters is 1. The molecule has 0 fully saturated rings. The van der Waals surface area contributed by atoms with Crippen LogP contribution in [0.15, 0.2) is 78.9 Å². The van der Waals surface area contributed by atoms with Gasteiger partial charge in [0.2, 0.25) is 0 Å². The van der Waals surface area contributed by atoms with Crippen molar-refractivity contribution in [2.45, 2.75) is 0 Å². The third-order valence-electron chi connectivity index (χ3n) is 3.95. The van der Waals surface area contributed by atoms with Crippen LogP contribution in [0.25, 0.3) is 10.1 Å². The van der Waals surface area contributed by atoms with Gasteiger partial charge in [0, 0.05) is 10.1 Å². The summed E-state index contributed by atoms with van der Waals surface area (Å²) < 4.78 is 17.8. The molecule has 4 rings (SSSR count). The normalized spacial score (nSPS) is 10.6. The fraction of sp³-hybridized carbons (Fsp3) is 0.0455. The lowest BCUT2D eigenvalue weighted by atomic mass is 10.2. The van der Waals surface area contributed by atoms with Gasteiger partial charge in [0.15, 0.2) is 10.6 Å². The smallest absolute Gasteiger partial charge is 0.357 e. The van der Waals surface area contributed by atoms with Crippen molar-refractivity contribution in [1.82, 2.24) is 0 Å². The van der Waals surface area contributed by atoms with Crippen LogP contribution in [0.5, 0.6) is 23.0 Å². The second kappa shape index (κ2) is 7.51. The van der Waals surface area contributed by atoms with Gasteiger partial charge in [0.25, 0.3) is 0 Å². The molecule has 0 spiro atoms. The third-order valence-corrected chi connectivity index (χ3v) is 5.08. The molecule has 0 unspecified atom stereocenters. The maximum atomic E-state index is 12.8. The number of ether oxygens (including phenoxy) is 3. The average Bonchev–Trinajstić information content (AvgIpc) is 3.07. The fourth-order valence-corrected chi connectivity index (χ4v) is 3.65. The minimum absolute atomic E-state index is 0.408. The Morgan fingerprint density at radius 2 is 1.48 bits per heavy atom. The zero-order chi connectivity index (χ0) is 18.6. The van der Waals surface area contributed by atoms with E-state index in [0.717, 1.165) is 10.1 Å². The monoisotopic (exact) mass is 376 g/mol. The molecule has 0 N–H and O–H groups in total. The highest BCUT2D eigenvalue weighted by atomic mass is 32.1. The zero-order valence-corrected chi connectivity index (χ0v) is 15.4. The van der Waals surface area contributed by atoms with Gasteiger partial charge in [-0.2, -0.15) is 0 Å². The van der Waals surface area contributed by atoms with Crippen molar-refractivity contribution >= 4 is 27.4 Å². The summed E-state index contributed by atoms with van der Waals surface area (Å²) in [5.41, 5.74) is 0. The highest BCUT2D eigenvalue weighted by Gasteiger charge is 2.23. The van der Waals surface area contributed by atoms with Gasteiger partial charge in [0.1, 0.15) is 17.2 Å². The van der Waals surface area contributed by atoms with Crippen molar-refractivity contribution in [3.63, 3.8) is 0 Å². The highest BCUT2D eigenvalue weighted by Crippen LogP contribution is 2.42. The van der Waals surface area contributed by atoms with E-state index in [1.54, 1.807) is 19.2 Å². The van der Waals surface area contributed by atoms with Crippen LogP contribution < -0.4 is 14.2 Å². The van der Waals surface area contributed by atoms with Crippen molar-refractivity contribution in [3.05, 3.63) is 83.7 Å². The number of hydrogen-bond donors (Lipinski definition) is 0. The number of thiophene rings is 1. The summed E-state index contributed by atoms with van der Waals surface area (Å²) in [4.78, 5) is 13.2. The fourth-order valence-electron chi connectivity index (χ4n) is 2.67. The van der Waals surface area contributed by atoms with Gasteiger partial charge in [-0.3, -0.25) is 0 Å². The van der Waals surface area contributed by atoms with E-state index in [-0.39, 0.29) is 0 Å². The van der Waals surface area contributed by atoms with E-state index in [4.69, 9.17) is 14.2 Å². The number of carbonyl (C=O) groups excluding carboxylic acids is 1. The molecule has 27 heavy (non-hydrogen) atoms. The number of carbonyl (C=O) groups is 1. The molecule has 0 aliphatic heterocycles. The van der Waals surface area contributed by atoms with E-state index < -0.39 is 5.97 Å². The van der Waals surface area contributed by atoms with E-state index in [0.29, 0.717) is 27.9 Å². The van der Waals surface area contributed by atoms with Crippen LogP contribution >= 0.6 is 11.3 Å². The van der Waals surface area contributed by atoms with Crippen molar-refractivity contribution in [1.29, 1.82) is 0 Å². The number of fused-ring (bicyclic) bond motifs is 1. The molecule has 0 aliphatic carbocycles. The van der Waals surface area contributed by atoms with Crippen molar-refractivity contribution in [2.24, 2.45) is 0 Å². The molecule has 0 radical (unpaired) electrons. The van der Waals surface area contributed by atoms with Gasteiger partial charge in [-0.1, -0.05) is 36.4 Å². The molecule has 0 aliphatic rings. The van der Waals surface area contributed by atoms with Gasteiger partial charge in [0.05, 0.1) is 7.11 Å². The topological polar surface area (TPSA) is 44.8 Å². The van der Waals surface area contributed by atoms with Gasteiger partial charge in [-0.15, -0.1) is 11.3 Å². The summed E-state index contributed by atoms with van der Waals surface area (Å²) in [6, 6.07) is 24.0. The first-order valence-electron chi connectivity index (χ1n) is 8.35. The van der Waals surface area contributed by atoms with Crippen LogP contribution in [-0.4, -0.2) is 13.1 Å². The van der Waals surface area contributed by atoms with Crippen LogP contribution in [0.2, 0.25) is 0 Å². The molecular weight excluding hydrogens is 360 g/mol. The van der Waals surface area contributed by atoms with E-state index in [1.807, 2.05) is 66.7 Å². The number of benzene rings is 3. The lowest BCUT2D eigenvalue weighted by Gasteiger charge is -2.08. The predicted octanol–water partition coefficient (Wildman–Crippen LogP) is 5.92. The third kappa shape index (κ3) is 3.64. The summed E-state index contributed by atoms with van der Waals surface area (Å²) in [7, 11) is 1.61. The summed E-state index contributed by atoms with van der Waals surface area (Å²) in [5.74, 6) is 1.85. The molecule has 134 valence electrons. The number of rotatable bonds is 5. The van der Waals surface area contributed by atoms with Gasteiger partial charge in [-0.25, -0.2) is 4.79 Å². The van der Waals surface area contributed by atoms with Crippen molar-refractivity contribution < 1.29 is 19.0 Å². The zero-order valence-electron chi connectivity index (χ0n) is 14.5. The van der Waals surface area contributed by atoms with E-state index in [1.165, 1.54) is 11.3 Å².